The molecule has 8 nitrogen and oxygen atoms in total. The molecule has 0 unspecified atom stereocenters. The normalized spacial score (nSPS) is 7.88. The van der Waals surface area contributed by atoms with Crippen molar-refractivity contribution < 1.29 is 40.2 Å². The van der Waals surface area contributed by atoms with Crippen LogP contribution in [0.3, 0.4) is 0 Å². The molecule has 0 saturated carbocycles. The second kappa shape index (κ2) is 19.1. The van der Waals surface area contributed by atoms with Crippen LogP contribution in [0.5, 0.6) is 0 Å². The lowest BCUT2D eigenvalue weighted by molar-refractivity contribution is -0.417. The first-order chi connectivity index (χ1) is 7.38. The quantitative estimate of drug-likeness (QED) is 0.305. The van der Waals surface area contributed by atoms with Gasteiger partial charge in [-0.25, -0.2) is 4.89 Å². The standard InChI is InChI=1S/C6H14O2.2CH2O3/c1-2-3-4-5-6-8-7;2*2-1(3)4/h7H,2-6H2,1H3;2*(H2,2,3,4)/p-4. The van der Waals surface area contributed by atoms with Crippen LogP contribution < -0.4 is 20.4 Å². The fraction of sp³-hybridized carbons (Fsp3) is 0.750. The van der Waals surface area contributed by atoms with Crippen molar-refractivity contribution in [2.75, 3.05) is 6.61 Å². The minimum Gasteiger partial charge on any atom is -0.652 e. The summed E-state index contributed by atoms with van der Waals surface area (Å²) < 4.78 is 0. The van der Waals surface area contributed by atoms with Crippen molar-refractivity contribution in [2.45, 2.75) is 32.6 Å². The van der Waals surface area contributed by atoms with E-state index < -0.39 is 12.3 Å². The Labute approximate surface area is 92.6 Å². The van der Waals surface area contributed by atoms with Gasteiger partial charge in [0.15, 0.2) is 0 Å². The van der Waals surface area contributed by atoms with Gasteiger partial charge in [-0.1, -0.05) is 26.2 Å². The highest BCUT2D eigenvalue weighted by molar-refractivity contribution is 5.47. The number of rotatable bonds is 5. The second-order valence-corrected chi connectivity index (χ2v) is 2.39. The van der Waals surface area contributed by atoms with Crippen molar-refractivity contribution in [1.29, 1.82) is 0 Å². The van der Waals surface area contributed by atoms with Gasteiger partial charge in [-0.05, 0) is 18.7 Å². The number of carboxylic acid groups (broad SMARTS) is 4. The minimum absolute atomic E-state index is 0.486. The Morgan fingerprint density at radius 3 is 1.62 bits per heavy atom. The molecule has 0 rings (SSSR count). The predicted molar refractivity (Wildman–Crippen MR) is 43.5 cm³/mol. The summed E-state index contributed by atoms with van der Waals surface area (Å²) in [6.45, 7) is 2.64. The Balaban J connectivity index is -0.000000179. The second-order valence-electron chi connectivity index (χ2n) is 2.39. The molecule has 1 N–H and O–H groups in total. The number of carbonyl (C=O) groups is 2. The van der Waals surface area contributed by atoms with Crippen LogP contribution >= 0.6 is 0 Å². The topological polar surface area (TPSA) is 156 Å². The van der Waals surface area contributed by atoms with Crippen molar-refractivity contribution in [3.8, 4) is 0 Å². The average molecular weight is 238 g/mol. The number of hydrogen-bond donors (Lipinski definition) is 1. The van der Waals surface area contributed by atoms with Gasteiger partial charge in [-0.2, -0.15) is 0 Å². The third-order valence-electron chi connectivity index (χ3n) is 1.09. The maximum absolute atomic E-state index is 8.33. The summed E-state index contributed by atoms with van der Waals surface area (Å²) in [5.41, 5.74) is 0. The average Bonchev–Trinajstić information content (AvgIpc) is 2.11. The summed E-state index contributed by atoms with van der Waals surface area (Å²) in [5, 5.41) is 41.2. The molecule has 0 aromatic rings. The van der Waals surface area contributed by atoms with Crippen molar-refractivity contribution in [3.63, 3.8) is 0 Å². The summed E-state index contributed by atoms with van der Waals surface area (Å²) >= 11 is 0. The van der Waals surface area contributed by atoms with Crippen LogP contribution in [0.25, 0.3) is 0 Å². The minimum atomic E-state index is -2.33. The molecule has 98 valence electrons. The molecule has 0 aromatic carbocycles. The molecule has 0 spiro atoms. The first-order valence-electron chi connectivity index (χ1n) is 4.40. The Morgan fingerprint density at radius 2 is 1.38 bits per heavy atom. The van der Waals surface area contributed by atoms with Crippen LogP contribution in [0.2, 0.25) is 0 Å². The molecule has 0 atom stereocenters. The molecule has 0 amide bonds. The lowest BCUT2D eigenvalue weighted by atomic mass is 10.2. The van der Waals surface area contributed by atoms with E-state index in [1.165, 1.54) is 12.8 Å². The van der Waals surface area contributed by atoms with Gasteiger partial charge in [0.1, 0.15) is 0 Å². The highest BCUT2D eigenvalue weighted by atomic mass is 17.1. The monoisotopic (exact) mass is 238 g/mol. The van der Waals surface area contributed by atoms with E-state index >= 15 is 0 Å². The first kappa shape index (κ1) is 19.9. The van der Waals surface area contributed by atoms with Crippen LogP contribution in [0, 0.1) is 0 Å². The fourth-order valence-corrected chi connectivity index (χ4v) is 0.593. The van der Waals surface area contributed by atoms with Crippen LogP contribution in [-0.4, -0.2) is 24.2 Å². The SMILES string of the molecule is CCCCCCOO.O=C([O-])[O-].O=C([O-])[O-]. The molecule has 0 aliphatic carbocycles. The summed E-state index contributed by atoms with van der Waals surface area (Å²) in [6, 6.07) is 0. The van der Waals surface area contributed by atoms with E-state index in [0.29, 0.717) is 6.61 Å². The summed E-state index contributed by atoms with van der Waals surface area (Å²) in [4.78, 5) is 20.6. The van der Waals surface area contributed by atoms with Crippen LogP contribution in [0.15, 0.2) is 0 Å². The van der Waals surface area contributed by atoms with Gasteiger partial charge in [0.2, 0.25) is 0 Å². The number of hydrogen-bond acceptors (Lipinski definition) is 8. The molecule has 0 aliphatic rings. The van der Waals surface area contributed by atoms with Gasteiger partial charge in [0.25, 0.3) is 0 Å². The zero-order chi connectivity index (χ0) is 13.4. The smallest absolute Gasteiger partial charge is 0.0819 e. The Kier molecular flexibility index (Phi) is 23.8. The van der Waals surface area contributed by atoms with Crippen LogP contribution in [0.1, 0.15) is 32.6 Å². The zero-order valence-electron chi connectivity index (χ0n) is 8.84. The van der Waals surface area contributed by atoms with Crippen molar-refractivity contribution in [3.05, 3.63) is 0 Å². The van der Waals surface area contributed by atoms with E-state index in [1.54, 1.807) is 0 Å². The Hall–Kier alpha value is -1.54. The van der Waals surface area contributed by atoms with Gasteiger partial charge in [0, 0.05) is 0 Å². The van der Waals surface area contributed by atoms with E-state index in [1.807, 2.05) is 0 Å². The summed E-state index contributed by atoms with van der Waals surface area (Å²) in [7, 11) is 0. The van der Waals surface area contributed by atoms with E-state index in [0.717, 1.165) is 12.8 Å². The maximum Gasteiger partial charge on any atom is 0.0819 e. The lowest BCUT2D eigenvalue weighted by Gasteiger charge is -1.96. The summed E-state index contributed by atoms with van der Waals surface area (Å²) in [6.07, 6.45) is -0.0593. The van der Waals surface area contributed by atoms with E-state index in [-0.39, 0.29) is 0 Å². The number of unbranched alkanes of at least 4 members (excludes halogenated alkanes) is 3. The maximum atomic E-state index is 8.33. The Morgan fingerprint density at radius 1 is 1.00 bits per heavy atom. The highest BCUT2D eigenvalue weighted by Crippen LogP contribution is 1.97. The third-order valence-corrected chi connectivity index (χ3v) is 1.09. The molecule has 0 saturated heterocycles. The molecule has 16 heavy (non-hydrogen) atoms. The fourth-order valence-electron chi connectivity index (χ4n) is 0.593. The molecule has 0 fully saturated rings. The predicted octanol–water partition coefficient (Wildman–Crippen LogP) is -2.84. The van der Waals surface area contributed by atoms with E-state index in [9.17, 15) is 0 Å². The van der Waals surface area contributed by atoms with Gasteiger partial charge < -0.3 is 30.0 Å². The molecular formula is C8H14O8-4. The lowest BCUT2D eigenvalue weighted by Crippen LogP contribution is -2.37. The van der Waals surface area contributed by atoms with Crippen LogP contribution in [-0.2, 0) is 4.89 Å². The first-order valence-corrected chi connectivity index (χ1v) is 4.40. The molecule has 0 aliphatic heterocycles. The van der Waals surface area contributed by atoms with E-state index in [2.05, 4.69) is 11.8 Å². The molecule has 8 heteroatoms. The largest absolute Gasteiger partial charge is 0.652 e. The van der Waals surface area contributed by atoms with Crippen molar-refractivity contribution in [2.24, 2.45) is 0 Å². The third kappa shape index (κ3) is 137. The molecule has 0 aromatic heterocycles. The van der Waals surface area contributed by atoms with Gasteiger partial charge in [-0.3, -0.25) is 5.26 Å². The van der Waals surface area contributed by atoms with Crippen LogP contribution in [0.4, 0.5) is 9.59 Å². The van der Waals surface area contributed by atoms with Gasteiger partial charge >= 0.3 is 0 Å². The summed E-state index contributed by atoms with van der Waals surface area (Å²) in [5.74, 6) is 0. The van der Waals surface area contributed by atoms with E-state index in [4.69, 9.17) is 35.3 Å². The molecule has 0 heterocycles. The Bertz CT molecular complexity index is 132. The molecule has 0 bridgehead atoms. The van der Waals surface area contributed by atoms with Crippen molar-refractivity contribution >= 4 is 12.3 Å². The molecular weight excluding hydrogens is 224 g/mol. The number of carbonyl (C=O) groups excluding carboxylic acids is 2. The van der Waals surface area contributed by atoms with Gasteiger partial charge in [-0.15, -0.1) is 0 Å². The van der Waals surface area contributed by atoms with Crippen molar-refractivity contribution in [1.82, 2.24) is 0 Å². The zero-order valence-corrected chi connectivity index (χ0v) is 8.84. The van der Waals surface area contributed by atoms with Gasteiger partial charge in [0.05, 0.1) is 6.61 Å². The highest BCUT2D eigenvalue weighted by Gasteiger charge is 1.84. The molecule has 0 radical (unpaired) electrons.